The Morgan fingerprint density at radius 2 is 1.75 bits per heavy atom. The van der Waals surface area contributed by atoms with Crippen LogP contribution in [0.3, 0.4) is 0 Å². The van der Waals surface area contributed by atoms with Crippen molar-refractivity contribution in [3.63, 3.8) is 0 Å². The molecule has 0 radical (unpaired) electrons. The number of hydrogen-bond acceptors (Lipinski definition) is 2. The first-order valence-corrected chi connectivity index (χ1v) is 10.00. The summed E-state index contributed by atoms with van der Waals surface area (Å²) in [5, 5.41) is 6.52. The number of carbonyl (C=O) groups excluding carboxylic acids is 2. The molecule has 0 aromatic heterocycles. The predicted octanol–water partition coefficient (Wildman–Crippen LogP) is 5.17. The number of piperidine rings is 1. The van der Waals surface area contributed by atoms with Crippen molar-refractivity contribution in [2.45, 2.75) is 26.7 Å². The largest absolute Gasteiger partial charge is 0.326 e. The van der Waals surface area contributed by atoms with E-state index in [0.29, 0.717) is 18.1 Å². The Balaban J connectivity index is 1.51. The van der Waals surface area contributed by atoms with Gasteiger partial charge in [0.25, 0.3) is 0 Å². The van der Waals surface area contributed by atoms with E-state index in [2.05, 4.69) is 10.6 Å². The molecule has 1 fully saturated rings. The smallest absolute Gasteiger partial charge is 0.321 e. The van der Waals surface area contributed by atoms with Gasteiger partial charge in [0, 0.05) is 35.4 Å². The highest BCUT2D eigenvalue weighted by Crippen LogP contribution is 2.28. The van der Waals surface area contributed by atoms with E-state index in [1.165, 1.54) is 0 Å². The van der Waals surface area contributed by atoms with Crippen molar-refractivity contribution in [1.29, 1.82) is 0 Å². The normalized spacial score (nSPS) is 15.8. The topological polar surface area (TPSA) is 61.4 Å². The summed E-state index contributed by atoms with van der Waals surface area (Å²) in [6, 6.07) is 14.8. The van der Waals surface area contributed by atoms with Crippen LogP contribution < -0.4 is 10.6 Å². The Bertz CT molecular complexity index is 833. The molecule has 28 heavy (non-hydrogen) atoms. The molecule has 1 atom stereocenters. The first-order valence-electron chi connectivity index (χ1n) is 9.62. The van der Waals surface area contributed by atoms with Crippen molar-refractivity contribution in [2.75, 3.05) is 23.7 Å². The number of nitrogens with one attached hydrogen (secondary N) is 2. The van der Waals surface area contributed by atoms with Crippen LogP contribution in [0.2, 0.25) is 5.02 Å². The maximum Gasteiger partial charge on any atom is 0.321 e. The fourth-order valence-electron chi connectivity index (χ4n) is 3.52. The summed E-state index contributed by atoms with van der Waals surface area (Å²) >= 11 is 6.04. The number of nitrogens with zero attached hydrogens (tertiary/aromatic N) is 1. The van der Waals surface area contributed by atoms with E-state index in [4.69, 9.17) is 11.6 Å². The van der Waals surface area contributed by atoms with E-state index in [-0.39, 0.29) is 23.8 Å². The summed E-state index contributed by atoms with van der Waals surface area (Å²) < 4.78 is 0. The third kappa shape index (κ3) is 5.04. The molecule has 1 heterocycles. The molecule has 1 aliphatic heterocycles. The lowest BCUT2D eigenvalue weighted by Gasteiger charge is -2.34. The van der Waals surface area contributed by atoms with E-state index < -0.39 is 0 Å². The van der Waals surface area contributed by atoms with Gasteiger partial charge in [-0.25, -0.2) is 4.79 Å². The van der Waals surface area contributed by atoms with Crippen LogP contribution in [0, 0.1) is 18.8 Å². The van der Waals surface area contributed by atoms with Gasteiger partial charge in [-0.3, -0.25) is 4.79 Å². The summed E-state index contributed by atoms with van der Waals surface area (Å²) in [4.78, 5) is 26.9. The highest BCUT2D eigenvalue weighted by atomic mass is 35.5. The molecule has 0 bridgehead atoms. The van der Waals surface area contributed by atoms with E-state index in [0.717, 1.165) is 29.8 Å². The Hall–Kier alpha value is -2.53. The zero-order valence-electron chi connectivity index (χ0n) is 16.2. The van der Waals surface area contributed by atoms with Crippen molar-refractivity contribution in [3.8, 4) is 0 Å². The average molecular weight is 400 g/mol. The molecule has 2 N–H and O–H groups in total. The van der Waals surface area contributed by atoms with Crippen molar-refractivity contribution in [3.05, 3.63) is 59.1 Å². The van der Waals surface area contributed by atoms with Gasteiger partial charge < -0.3 is 15.5 Å². The first-order chi connectivity index (χ1) is 13.4. The maximum absolute atomic E-state index is 12.7. The Kier molecular flexibility index (Phi) is 6.57. The van der Waals surface area contributed by atoms with E-state index >= 15 is 0 Å². The Labute approximate surface area is 171 Å². The van der Waals surface area contributed by atoms with E-state index in [9.17, 15) is 9.59 Å². The number of amides is 3. The molecule has 1 aliphatic rings. The minimum absolute atomic E-state index is 0.00227. The first kappa shape index (κ1) is 20.2. The van der Waals surface area contributed by atoms with Crippen LogP contribution in [-0.4, -0.2) is 29.9 Å². The lowest BCUT2D eigenvalue weighted by Crippen LogP contribution is -2.43. The van der Waals surface area contributed by atoms with Gasteiger partial charge in [-0.05, 0) is 55.5 Å². The van der Waals surface area contributed by atoms with Crippen molar-refractivity contribution >= 4 is 34.9 Å². The quantitative estimate of drug-likeness (QED) is 0.745. The molecule has 0 saturated carbocycles. The molecule has 6 heteroatoms. The molecular weight excluding hydrogens is 374 g/mol. The van der Waals surface area contributed by atoms with Crippen LogP contribution in [0.25, 0.3) is 0 Å². The van der Waals surface area contributed by atoms with Crippen LogP contribution in [0.15, 0.2) is 48.5 Å². The molecule has 148 valence electrons. The molecule has 0 spiro atoms. The number of benzene rings is 2. The molecule has 2 aromatic carbocycles. The molecule has 1 saturated heterocycles. The standard InChI is InChI=1S/C22H26ClN3O2/c1-15-8-9-18(23)14-20(15)25-21(27)16(2)17-10-12-26(13-11-17)22(28)24-19-6-4-3-5-7-19/h3-9,14,16-17H,10-13H2,1-2H3,(H,24,28)(H,25,27)/t16-/m1/s1. The molecule has 2 aromatic rings. The Morgan fingerprint density at radius 1 is 1.07 bits per heavy atom. The number of carbonyl (C=O) groups is 2. The molecule has 0 unspecified atom stereocenters. The number of likely N-dealkylation sites (tertiary alicyclic amines) is 1. The van der Waals surface area contributed by atoms with Gasteiger partial charge in [0.1, 0.15) is 0 Å². The van der Waals surface area contributed by atoms with E-state index in [1.807, 2.05) is 61.2 Å². The minimum Gasteiger partial charge on any atom is -0.326 e. The van der Waals surface area contributed by atoms with Crippen LogP contribution in [0.1, 0.15) is 25.3 Å². The summed E-state index contributed by atoms with van der Waals surface area (Å²) in [6.45, 7) is 5.20. The molecule has 0 aliphatic carbocycles. The van der Waals surface area contributed by atoms with Crippen LogP contribution in [0.4, 0.5) is 16.2 Å². The number of halogens is 1. The number of para-hydroxylation sites is 1. The minimum atomic E-state index is -0.127. The lowest BCUT2D eigenvalue weighted by molar-refractivity contribution is -0.121. The zero-order valence-corrected chi connectivity index (χ0v) is 17.0. The summed E-state index contributed by atoms with van der Waals surface area (Å²) in [7, 11) is 0. The fourth-order valence-corrected chi connectivity index (χ4v) is 3.69. The molecule has 5 nitrogen and oxygen atoms in total. The number of aryl methyl sites for hydroxylation is 1. The zero-order chi connectivity index (χ0) is 20.1. The number of rotatable bonds is 4. The van der Waals surface area contributed by atoms with Crippen molar-refractivity contribution in [2.24, 2.45) is 11.8 Å². The van der Waals surface area contributed by atoms with Crippen molar-refractivity contribution < 1.29 is 9.59 Å². The van der Waals surface area contributed by atoms with Gasteiger partial charge in [-0.15, -0.1) is 0 Å². The van der Waals surface area contributed by atoms with Crippen LogP contribution >= 0.6 is 11.6 Å². The lowest BCUT2D eigenvalue weighted by atomic mass is 9.85. The van der Waals surface area contributed by atoms with Gasteiger partial charge >= 0.3 is 6.03 Å². The van der Waals surface area contributed by atoms with Crippen LogP contribution in [0.5, 0.6) is 0 Å². The van der Waals surface area contributed by atoms with Gasteiger partial charge in [0.15, 0.2) is 0 Å². The maximum atomic E-state index is 12.7. The molecule has 3 amide bonds. The van der Waals surface area contributed by atoms with Gasteiger partial charge in [0.2, 0.25) is 5.91 Å². The van der Waals surface area contributed by atoms with E-state index in [1.54, 1.807) is 6.07 Å². The second-order valence-corrected chi connectivity index (χ2v) is 7.79. The predicted molar refractivity (Wildman–Crippen MR) is 114 cm³/mol. The van der Waals surface area contributed by atoms with Gasteiger partial charge in [0.05, 0.1) is 0 Å². The SMILES string of the molecule is Cc1ccc(Cl)cc1NC(=O)[C@H](C)C1CCN(C(=O)Nc2ccccc2)CC1. The summed E-state index contributed by atoms with van der Waals surface area (Å²) in [5.74, 6) is 0.121. The Morgan fingerprint density at radius 3 is 2.43 bits per heavy atom. The highest BCUT2D eigenvalue weighted by molar-refractivity contribution is 6.31. The highest BCUT2D eigenvalue weighted by Gasteiger charge is 2.30. The monoisotopic (exact) mass is 399 g/mol. The van der Waals surface area contributed by atoms with Gasteiger partial charge in [-0.2, -0.15) is 0 Å². The third-order valence-corrected chi connectivity index (χ3v) is 5.67. The summed E-state index contributed by atoms with van der Waals surface area (Å²) in [6.07, 6.45) is 1.62. The molecule has 3 rings (SSSR count). The third-order valence-electron chi connectivity index (χ3n) is 5.43. The number of anilines is 2. The van der Waals surface area contributed by atoms with Crippen LogP contribution in [-0.2, 0) is 4.79 Å². The van der Waals surface area contributed by atoms with Crippen molar-refractivity contribution in [1.82, 2.24) is 4.90 Å². The number of urea groups is 1. The second kappa shape index (κ2) is 9.11. The second-order valence-electron chi connectivity index (χ2n) is 7.36. The summed E-state index contributed by atoms with van der Waals surface area (Å²) in [5.41, 5.74) is 2.53. The molecular formula is C22H26ClN3O2. The fraction of sp³-hybridized carbons (Fsp3) is 0.364. The van der Waals surface area contributed by atoms with Gasteiger partial charge in [-0.1, -0.05) is 42.8 Å². The average Bonchev–Trinajstić information content (AvgIpc) is 2.71. The number of hydrogen-bond donors (Lipinski definition) is 2.